The zero-order valence-electron chi connectivity index (χ0n) is 10.3. The number of methoxy groups -OCH3 is 1. The lowest BCUT2D eigenvalue weighted by Gasteiger charge is -2.02. The molecule has 0 unspecified atom stereocenters. The molecule has 2 rings (SSSR count). The molecule has 94 valence electrons. The van der Waals surface area contributed by atoms with Crippen LogP contribution in [0.25, 0.3) is 10.4 Å². The minimum atomic E-state index is -0.267. The van der Waals surface area contributed by atoms with Gasteiger partial charge in [0.05, 0.1) is 13.7 Å². The van der Waals surface area contributed by atoms with Crippen molar-refractivity contribution in [3.05, 3.63) is 41.3 Å². The molecule has 0 saturated heterocycles. The third kappa shape index (κ3) is 2.71. The first kappa shape index (κ1) is 12.6. The summed E-state index contributed by atoms with van der Waals surface area (Å²) in [5.41, 5.74) is 1.04. The van der Waals surface area contributed by atoms with Gasteiger partial charge < -0.3 is 9.47 Å². The van der Waals surface area contributed by atoms with Crippen LogP contribution in [0.5, 0.6) is 5.75 Å². The molecule has 2 aromatic rings. The van der Waals surface area contributed by atoms with Gasteiger partial charge in [-0.15, -0.1) is 11.3 Å². The zero-order chi connectivity index (χ0) is 13.0. The standard InChI is InChI=1S/C14H14O3S/c1-3-17-14(15)13-8-7-12(18-13)10-5-4-6-11(9-10)16-2/h4-9H,3H2,1-2H3. The Labute approximate surface area is 110 Å². The molecule has 0 atom stereocenters. The van der Waals surface area contributed by atoms with Gasteiger partial charge in [-0.25, -0.2) is 4.79 Å². The maximum Gasteiger partial charge on any atom is 0.348 e. The highest BCUT2D eigenvalue weighted by Gasteiger charge is 2.11. The van der Waals surface area contributed by atoms with Crippen LogP contribution < -0.4 is 4.74 Å². The summed E-state index contributed by atoms with van der Waals surface area (Å²) in [6.45, 7) is 2.19. The number of ether oxygens (including phenoxy) is 2. The van der Waals surface area contributed by atoms with E-state index in [4.69, 9.17) is 9.47 Å². The Morgan fingerprint density at radius 1 is 1.28 bits per heavy atom. The van der Waals surface area contributed by atoms with E-state index in [1.165, 1.54) is 11.3 Å². The van der Waals surface area contributed by atoms with E-state index in [1.54, 1.807) is 20.1 Å². The first-order valence-electron chi connectivity index (χ1n) is 5.66. The Kier molecular flexibility index (Phi) is 3.99. The van der Waals surface area contributed by atoms with Gasteiger partial charge in [-0.3, -0.25) is 0 Å². The summed E-state index contributed by atoms with van der Waals surface area (Å²) in [5, 5.41) is 0. The van der Waals surface area contributed by atoms with Gasteiger partial charge in [-0.1, -0.05) is 12.1 Å². The van der Waals surface area contributed by atoms with E-state index in [0.717, 1.165) is 16.2 Å². The van der Waals surface area contributed by atoms with E-state index >= 15 is 0 Å². The molecule has 3 nitrogen and oxygen atoms in total. The first-order chi connectivity index (χ1) is 8.74. The second kappa shape index (κ2) is 5.69. The van der Waals surface area contributed by atoms with Crippen LogP contribution in [0, 0.1) is 0 Å². The van der Waals surface area contributed by atoms with E-state index in [9.17, 15) is 4.79 Å². The number of hydrogen-bond donors (Lipinski definition) is 0. The minimum absolute atomic E-state index is 0.267. The van der Waals surface area contributed by atoms with Gasteiger partial charge >= 0.3 is 5.97 Å². The molecule has 0 aliphatic heterocycles. The number of hydrogen-bond acceptors (Lipinski definition) is 4. The Morgan fingerprint density at radius 3 is 2.83 bits per heavy atom. The Balaban J connectivity index is 2.26. The first-order valence-corrected chi connectivity index (χ1v) is 6.47. The van der Waals surface area contributed by atoms with Gasteiger partial charge in [-0.2, -0.15) is 0 Å². The summed E-state index contributed by atoms with van der Waals surface area (Å²) in [4.78, 5) is 13.2. The number of carbonyl (C=O) groups is 1. The van der Waals surface area contributed by atoms with Gasteiger partial charge in [0.15, 0.2) is 0 Å². The molecule has 0 saturated carbocycles. The lowest BCUT2D eigenvalue weighted by molar-refractivity contribution is 0.0532. The molecule has 1 aromatic heterocycles. The fourth-order valence-corrected chi connectivity index (χ4v) is 2.48. The summed E-state index contributed by atoms with van der Waals surface area (Å²) in [6, 6.07) is 11.5. The van der Waals surface area contributed by atoms with Crippen molar-refractivity contribution in [3.63, 3.8) is 0 Å². The molecule has 1 aromatic carbocycles. The van der Waals surface area contributed by atoms with Crippen LogP contribution in [0.15, 0.2) is 36.4 Å². The topological polar surface area (TPSA) is 35.5 Å². The zero-order valence-corrected chi connectivity index (χ0v) is 11.1. The van der Waals surface area contributed by atoms with E-state index < -0.39 is 0 Å². The van der Waals surface area contributed by atoms with Crippen molar-refractivity contribution in [1.82, 2.24) is 0 Å². The molecule has 0 amide bonds. The van der Waals surface area contributed by atoms with Crippen molar-refractivity contribution < 1.29 is 14.3 Å². The minimum Gasteiger partial charge on any atom is -0.497 e. The molecule has 0 radical (unpaired) electrons. The number of esters is 1. The maximum absolute atomic E-state index is 11.6. The maximum atomic E-state index is 11.6. The summed E-state index contributed by atoms with van der Waals surface area (Å²) < 4.78 is 10.2. The van der Waals surface area contributed by atoms with Gasteiger partial charge in [0.1, 0.15) is 10.6 Å². The van der Waals surface area contributed by atoms with E-state index in [1.807, 2.05) is 30.3 Å². The van der Waals surface area contributed by atoms with Gasteiger partial charge in [0.25, 0.3) is 0 Å². The molecule has 0 spiro atoms. The molecule has 0 aliphatic rings. The second-order valence-corrected chi connectivity index (χ2v) is 4.70. The van der Waals surface area contributed by atoms with Crippen LogP contribution in [0.2, 0.25) is 0 Å². The molecule has 0 aliphatic carbocycles. The average molecular weight is 262 g/mol. The van der Waals surface area contributed by atoms with E-state index in [0.29, 0.717) is 11.5 Å². The molecule has 1 heterocycles. The van der Waals surface area contributed by atoms with Crippen LogP contribution in [0.4, 0.5) is 0 Å². The predicted octanol–water partition coefficient (Wildman–Crippen LogP) is 3.60. The van der Waals surface area contributed by atoms with Gasteiger partial charge in [-0.05, 0) is 36.8 Å². The normalized spacial score (nSPS) is 10.1. The lowest BCUT2D eigenvalue weighted by Crippen LogP contribution is -2.01. The number of benzene rings is 1. The van der Waals surface area contributed by atoms with Crippen LogP contribution in [-0.4, -0.2) is 19.7 Å². The summed E-state index contributed by atoms with van der Waals surface area (Å²) >= 11 is 1.42. The lowest BCUT2D eigenvalue weighted by atomic mass is 10.2. The molecular weight excluding hydrogens is 248 g/mol. The molecule has 0 N–H and O–H groups in total. The van der Waals surface area contributed by atoms with Crippen LogP contribution >= 0.6 is 11.3 Å². The largest absolute Gasteiger partial charge is 0.497 e. The highest BCUT2D eigenvalue weighted by molar-refractivity contribution is 7.17. The third-order valence-electron chi connectivity index (χ3n) is 2.44. The molecule has 0 bridgehead atoms. The van der Waals surface area contributed by atoms with Crippen molar-refractivity contribution in [2.45, 2.75) is 6.92 Å². The quantitative estimate of drug-likeness (QED) is 0.790. The van der Waals surface area contributed by atoms with Crippen molar-refractivity contribution in [1.29, 1.82) is 0 Å². The Morgan fingerprint density at radius 2 is 2.11 bits per heavy atom. The fourth-order valence-electron chi connectivity index (χ4n) is 1.58. The van der Waals surface area contributed by atoms with Gasteiger partial charge in [0, 0.05) is 4.88 Å². The third-order valence-corrected chi connectivity index (χ3v) is 3.55. The Bertz CT molecular complexity index is 545. The summed E-state index contributed by atoms with van der Waals surface area (Å²) in [7, 11) is 1.64. The smallest absolute Gasteiger partial charge is 0.348 e. The number of carbonyl (C=O) groups excluding carboxylic acids is 1. The SMILES string of the molecule is CCOC(=O)c1ccc(-c2cccc(OC)c2)s1. The summed E-state index contributed by atoms with van der Waals surface area (Å²) in [5.74, 6) is 0.537. The van der Waals surface area contributed by atoms with Crippen LogP contribution in [-0.2, 0) is 4.74 Å². The van der Waals surface area contributed by atoms with Crippen LogP contribution in [0.3, 0.4) is 0 Å². The van der Waals surface area contributed by atoms with Crippen molar-refractivity contribution in [3.8, 4) is 16.2 Å². The summed E-state index contributed by atoms with van der Waals surface area (Å²) in [6.07, 6.45) is 0. The second-order valence-electron chi connectivity index (χ2n) is 3.62. The molecule has 4 heteroatoms. The van der Waals surface area contributed by atoms with E-state index in [2.05, 4.69) is 0 Å². The number of rotatable bonds is 4. The molecular formula is C14H14O3S. The van der Waals surface area contributed by atoms with E-state index in [-0.39, 0.29) is 5.97 Å². The highest BCUT2D eigenvalue weighted by Crippen LogP contribution is 2.30. The van der Waals surface area contributed by atoms with Crippen LogP contribution in [0.1, 0.15) is 16.6 Å². The Hall–Kier alpha value is -1.81. The van der Waals surface area contributed by atoms with Gasteiger partial charge in [0.2, 0.25) is 0 Å². The van der Waals surface area contributed by atoms with Crippen molar-refractivity contribution in [2.24, 2.45) is 0 Å². The monoisotopic (exact) mass is 262 g/mol. The predicted molar refractivity (Wildman–Crippen MR) is 72.3 cm³/mol. The highest BCUT2D eigenvalue weighted by atomic mass is 32.1. The number of thiophene rings is 1. The molecule has 18 heavy (non-hydrogen) atoms. The van der Waals surface area contributed by atoms with Crippen molar-refractivity contribution in [2.75, 3.05) is 13.7 Å². The average Bonchev–Trinajstić information content (AvgIpc) is 2.89. The van der Waals surface area contributed by atoms with Crippen molar-refractivity contribution >= 4 is 17.3 Å². The molecule has 0 fully saturated rings. The fraction of sp³-hybridized carbons (Fsp3) is 0.214.